The van der Waals surface area contributed by atoms with Crippen LogP contribution in [0.2, 0.25) is 0 Å². The standard InChI is InChI=1S/C23H23N3O3S3/c1-3-4-11-32(28)23-20(24)19-16(15-7-5-14(6-8-15)12-18(27)29-2)13-17(26-22(19)31-23)21-25-9-10-30-21/h5-10,13H,3-4,11-12,24H2,1-2H3. The van der Waals surface area contributed by atoms with Gasteiger partial charge in [0, 0.05) is 17.0 Å². The van der Waals surface area contributed by atoms with Crippen molar-refractivity contribution in [2.75, 3.05) is 18.6 Å². The Balaban J connectivity index is 1.84. The van der Waals surface area contributed by atoms with E-state index in [9.17, 15) is 9.35 Å². The van der Waals surface area contributed by atoms with Crippen LogP contribution in [0.5, 0.6) is 0 Å². The van der Waals surface area contributed by atoms with Crippen molar-refractivity contribution >= 4 is 55.7 Å². The van der Waals surface area contributed by atoms with E-state index in [-0.39, 0.29) is 12.4 Å². The number of hydrogen-bond donors (Lipinski definition) is 1. The van der Waals surface area contributed by atoms with Gasteiger partial charge in [0.15, 0.2) is 0 Å². The second kappa shape index (κ2) is 9.99. The summed E-state index contributed by atoms with van der Waals surface area (Å²) in [6.07, 6.45) is 3.83. The SMILES string of the molecule is CCCC[S+]([O-])c1sc2nc(-c3nccs3)cc(-c3ccc(CC(=O)OC)cc3)c2c1N. The maximum absolute atomic E-state index is 12.9. The summed E-state index contributed by atoms with van der Waals surface area (Å²) in [5, 5.41) is 3.54. The molecule has 2 N–H and O–H groups in total. The summed E-state index contributed by atoms with van der Waals surface area (Å²) in [5.74, 6) is 0.307. The van der Waals surface area contributed by atoms with E-state index < -0.39 is 11.2 Å². The number of rotatable bonds is 8. The number of fused-ring (bicyclic) bond motifs is 1. The van der Waals surface area contributed by atoms with Crippen molar-refractivity contribution in [2.24, 2.45) is 0 Å². The summed E-state index contributed by atoms with van der Waals surface area (Å²) < 4.78 is 18.3. The molecule has 0 saturated heterocycles. The van der Waals surface area contributed by atoms with Crippen LogP contribution in [0.15, 0.2) is 46.1 Å². The van der Waals surface area contributed by atoms with Crippen LogP contribution in [0.25, 0.3) is 32.0 Å². The van der Waals surface area contributed by atoms with Crippen LogP contribution in [0.3, 0.4) is 0 Å². The molecular weight excluding hydrogens is 462 g/mol. The van der Waals surface area contributed by atoms with Gasteiger partial charge in [-0.1, -0.05) is 48.9 Å². The zero-order chi connectivity index (χ0) is 22.7. The number of esters is 1. The van der Waals surface area contributed by atoms with Gasteiger partial charge in [0.2, 0.25) is 4.21 Å². The van der Waals surface area contributed by atoms with Crippen LogP contribution >= 0.6 is 22.7 Å². The Kier molecular flexibility index (Phi) is 7.10. The van der Waals surface area contributed by atoms with E-state index in [1.807, 2.05) is 35.7 Å². The summed E-state index contributed by atoms with van der Waals surface area (Å²) in [5.41, 5.74) is 10.6. The normalized spacial score (nSPS) is 12.2. The summed E-state index contributed by atoms with van der Waals surface area (Å²) in [6, 6.07) is 9.72. The number of unbranched alkanes of at least 4 members (excludes halogenated alkanes) is 1. The van der Waals surface area contributed by atoms with Crippen molar-refractivity contribution in [3.8, 4) is 21.8 Å². The van der Waals surface area contributed by atoms with Crippen molar-refractivity contribution < 1.29 is 14.1 Å². The van der Waals surface area contributed by atoms with Crippen LogP contribution in [-0.4, -0.2) is 33.4 Å². The third-order valence-electron chi connectivity index (χ3n) is 5.05. The van der Waals surface area contributed by atoms with Crippen molar-refractivity contribution in [3.63, 3.8) is 0 Å². The number of thiophene rings is 1. The molecule has 0 spiro atoms. The Morgan fingerprint density at radius 2 is 2.06 bits per heavy atom. The fourth-order valence-electron chi connectivity index (χ4n) is 3.37. The molecule has 6 nitrogen and oxygen atoms in total. The molecule has 0 aliphatic heterocycles. The molecule has 32 heavy (non-hydrogen) atoms. The second-order valence-electron chi connectivity index (χ2n) is 7.23. The van der Waals surface area contributed by atoms with Gasteiger partial charge in [0.1, 0.15) is 27.0 Å². The fraction of sp³-hybridized carbons (Fsp3) is 0.261. The first-order chi connectivity index (χ1) is 15.5. The molecule has 166 valence electrons. The first kappa shape index (κ1) is 22.7. The Bertz CT molecular complexity index is 1220. The van der Waals surface area contributed by atoms with E-state index in [2.05, 4.69) is 11.9 Å². The number of pyridine rings is 1. The van der Waals surface area contributed by atoms with Gasteiger partial charge in [0.05, 0.1) is 13.5 Å². The Hall–Kier alpha value is -2.46. The van der Waals surface area contributed by atoms with E-state index >= 15 is 0 Å². The molecule has 1 aromatic carbocycles. The molecule has 0 amide bonds. The quantitative estimate of drug-likeness (QED) is 0.269. The maximum atomic E-state index is 12.9. The number of anilines is 1. The molecule has 0 aliphatic rings. The lowest BCUT2D eigenvalue weighted by Crippen LogP contribution is -2.06. The Morgan fingerprint density at radius 1 is 1.28 bits per heavy atom. The minimum Gasteiger partial charge on any atom is -0.611 e. The van der Waals surface area contributed by atoms with Crippen LogP contribution in [0.1, 0.15) is 25.3 Å². The average molecular weight is 486 g/mol. The molecule has 0 fully saturated rings. The lowest BCUT2D eigenvalue weighted by Gasteiger charge is -2.09. The molecule has 4 aromatic rings. The van der Waals surface area contributed by atoms with Crippen LogP contribution in [0.4, 0.5) is 5.69 Å². The number of aromatic nitrogens is 2. The van der Waals surface area contributed by atoms with Gasteiger partial charge < -0.3 is 15.0 Å². The number of nitrogen functional groups attached to an aromatic ring is 1. The predicted octanol–water partition coefficient (Wildman–Crippen LogP) is 5.29. The number of carbonyl (C=O) groups is 1. The lowest BCUT2D eigenvalue weighted by atomic mass is 10.00. The number of thiazole rings is 1. The monoisotopic (exact) mass is 485 g/mol. The largest absolute Gasteiger partial charge is 0.611 e. The van der Waals surface area contributed by atoms with Gasteiger partial charge in [-0.25, -0.2) is 9.97 Å². The molecule has 1 atom stereocenters. The van der Waals surface area contributed by atoms with Gasteiger partial charge in [-0.3, -0.25) is 4.79 Å². The van der Waals surface area contributed by atoms with Crippen LogP contribution in [-0.2, 0) is 27.1 Å². The van der Waals surface area contributed by atoms with Crippen LogP contribution in [0, 0.1) is 0 Å². The van der Waals surface area contributed by atoms with Crippen LogP contribution < -0.4 is 5.73 Å². The van der Waals surface area contributed by atoms with Gasteiger partial charge in [-0.15, -0.1) is 11.3 Å². The van der Waals surface area contributed by atoms with Crippen molar-refractivity contribution in [1.82, 2.24) is 9.97 Å². The number of carbonyl (C=O) groups excluding carboxylic acids is 1. The third-order valence-corrected chi connectivity index (χ3v) is 8.84. The summed E-state index contributed by atoms with van der Waals surface area (Å²) in [6.45, 7) is 2.08. The number of nitrogens with two attached hydrogens (primary N) is 1. The highest BCUT2D eigenvalue weighted by atomic mass is 32.2. The Morgan fingerprint density at radius 3 is 2.72 bits per heavy atom. The minimum absolute atomic E-state index is 0.216. The number of benzene rings is 1. The van der Waals surface area contributed by atoms with Crippen molar-refractivity contribution in [3.05, 3.63) is 47.5 Å². The highest BCUT2D eigenvalue weighted by Crippen LogP contribution is 2.43. The van der Waals surface area contributed by atoms with E-state index in [1.165, 1.54) is 29.8 Å². The minimum atomic E-state index is -1.16. The fourth-order valence-corrected chi connectivity index (χ4v) is 6.76. The molecule has 0 aliphatic carbocycles. The topological polar surface area (TPSA) is 101 Å². The van der Waals surface area contributed by atoms with Gasteiger partial charge in [-0.2, -0.15) is 0 Å². The lowest BCUT2D eigenvalue weighted by molar-refractivity contribution is -0.139. The summed E-state index contributed by atoms with van der Waals surface area (Å²) >= 11 is 1.76. The second-order valence-corrected chi connectivity index (χ2v) is 10.9. The smallest absolute Gasteiger partial charge is 0.309 e. The molecule has 3 aromatic heterocycles. The first-order valence-corrected chi connectivity index (χ1v) is 13.2. The van der Waals surface area contributed by atoms with Gasteiger partial charge in [0.25, 0.3) is 0 Å². The number of ether oxygens (including phenoxy) is 1. The molecular formula is C23H23N3O3S3. The maximum Gasteiger partial charge on any atom is 0.309 e. The molecule has 4 rings (SSSR count). The highest BCUT2D eigenvalue weighted by molar-refractivity contribution is 7.93. The molecule has 3 heterocycles. The zero-order valence-electron chi connectivity index (χ0n) is 17.8. The number of nitrogens with zero attached hydrogens (tertiary/aromatic N) is 2. The molecule has 9 heteroatoms. The van der Waals surface area contributed by atoms with Crippen molar-refractivity contribution in [2.45, 2.75) is 30.4 Å². The van der Waals surface area contributed by atoms with E-state index in [1.54, 1.807) is 6.20 Å². The molecule has 0 saturated carbocycles. The molecule has 0 radical (unpaired) electrons. The van der Waals surface area contributed by atoms with E-state index in [4.69, 9.17) is 15.5 Å². The van der Waals surface area contributed by atoms with Gasteiger partial charge in [-0.05, 0) is 40.4 Å². The van der Waals surface area contributed by atoms with Gasteiger partial charge >= 0.3 is 5.97 Å². The zero-order valence-corrected chi connectivity index (χ0v) is 20.2. The van der Waals surface area contributed by atoms with Crippen molar-refractivity contribution in [1.29, 1.82) is 0 Å². The van der Waals surface area contributed by atoms with E-state index in [0.29, 0.717) is 15.6 Å². The highest BCUT2D eigenvalue weighted by Gasteiger charge is 2.25. The first-order valence-electron chi connectivity index (χ1n) is 10.2. The molecule has 1 unspecified atom stereocenters. The Labute approximate surface area is 197 Å². The molecule has 0 bridgehead atoms. The summed E-state index contributed by atoms with van der Waals surface area (Å²) in [7, 11) is 1.38. The predicted molar refractivity (Wildman–Crippen MR) is 132 cm³/mol. The third kappa shape index (κ3) is 4.66. The summed E-state index contributed by atoms with van der Waals surface area (Å²) in [4.78, 5) is 21.6. The number of hydrogen-bond acceptors (Lipinski definition) is 8. The van der Waals surface area contributed by atoms with E-state index in [0.717, 1.165) is 50.5 Å². The average Bonchev–Trinajstić information content (AvgIpc) is 3.46. The number of methoxy groups -OCH3 is 1.